The lowest BCUT2D eigenvalue weighted by atomic mass is 9.77. The van der Waals surface area contributed by atoms with E-state index in [0.717, 1.165) is 16.5 Å². The molecular formula is C15H19BrF3N. The highest BCUT2D eigenvalue weighted by molar-refractivity contribution is 9.10. The molecule has 2 N–H and O–H groups in total. The molecule has 20 heavy (non-hydrogen) atoms. The summed E-state index contributed by atoms with van der Waals surface area (Å²) in [6, 6.07) is 7.86. The number of alkyl halides is 3. The molecular weight excluding hydrogens is 331 g/mol. The fraction of sp³-hybridized carbons (Fsp3) is 0.600. The summed E-state index contributed by atoms with van der Waals surface area (Å²) in [4.78, 5) is 0. The molecule has 0 spiro atoms. The van der Waals surface area contributed by atoms with Crippen molar-refractivity contribution < 1.29 is 13.2 Å². The van der Waals surface area contributed by atoms with Crippen molar-refractivity contribution in [3.8, 4) is 0 Å². The lowest BCUT2D eigenvalue weighted by molar-refractivity contribution is -0.184. The Bertz CT molecular complexity index is 439. The van der Waals surface area contributed by atoms with E-state index >= 15 is 0 Å². The second-order valence-corrected chi connectivity index (χ2v) is 6.57. The summed E-state index contributed by atoms with van der Waals surface area (Å²) >= 11 is 3.41. The van der Waals surface area contributed by atoms with Gasteiger partial charge in [0.25, 0.3) is 0 Å². The number of nitrogens with two attached hydrogens (primary N) is 1. The van der Waals surface area contributed by atoms with E-state index < -0.39 is 12.1 Å². The summed E-state index contributed by atoms with van der Waals surface area (Å²) in [5.74, 6) is -0.926. The maximum absolute atomic E-state index is 12.6. The van der Waals surface area contributed by atoms with Gasteiger partial charge in [0.1, 0.15) is 0 Å². The first kappa shape index (κ1) is 15.8. The Morgan fingerprint density at radius 1 is 1.20 bits per heavy atom. The zero-order valence-electron chi connectivity index (χ0n) is 11.2. The van der Waals surface area contributed by atoms with Crippen molar-refractivity contribution >= 4 is 15.9 Å². The van der Waals surface area contributed by atoms with Gasteiger partial charge < -0.3 is 5.73 Å². The molecule has 1 nitrogen and oxygen atoms in total. The highest BCUT2D eigenvalue weighted by Crippen LogP contribution is 2.40. The van der Waals surface area contributed by atoms with Gasteiger partial charge in [0.05, 0.1) is 5.92 Å². The van der Waals surface area contributed by atoms with E-state index in [2.05, 4.69) is 15.9 Å². The van der Waals surface area contributed by atoms with Crippen molar-refractivity contribution in [2.45, 2.75) is 44.3 Å². The van der Waals surface area contributed by atoms with Crippen LogP contribution in [0.15, 0.2) is 28.7 Å². The van der Waals surface area contributed by atoms with Gasteiger partial charge in [-0.05, 0) is 55.7 Å². The average Bonchev–Trinajstić information content (AvgIpc) is 2.38. The van der Waals surface area contributed by atoms with Crippen molar-refractivity contribution in [2.75, 3.05) is 0 Å². The standard InChI is InChI=1S/C15H19BrF3N/c16-13-3-1-2-10(8-13)9-14(20)11-4-6-12(7-5-11)15(17,18)19/h1-3,8,11-12,14H,4-7,9,20H2. The van der Waals surface area contributed by atoms with E-state index in [0.29, 0.717) is 12.8 Å². The molecule has 0 aliphatic heterocycles. The molecule has 1 fully saturated rings. The van der Waals surface area contributed by atoms with Crippen molar-refractivity contribution in [3.05, 3.63) is 34.3 Å². The third-order valence-corrected chi connectivity index (χ3v) is 4.69. The minimum atomic E-state index is -4.04. The van der Waals surface area contributed by atoms with E-state index in [4.69, 9.17) is 5.73 Å². The van der Waals surface area contributed by atoms with E-state index in [1.54, 1.807) is 0 Å². The molecule has 0 saturated heterocycles. The van der Waals surface area contributed by atoms with Crippen LogP contribution in [0.5, 0.6) is 0 Å². The van der Waals surface area contributed by atoms with Gasteiger partial charge in [-0.2, -0.15) is 13.2 Å². The van der Waals surface area contributed by atoms with Crippen LogP contribution in [0.25, 0.3) is 0 Å². The lowest BCUT2D eigenvalue weighted by Gasteiger charge is -2.33. The summed E-state index contributed by atoms with van der Waals surface area (Å²) in [5.41, 5.74) is 7.32. The smallest absolute Gasteiger partial charge is 0.327 e. The molecule has 0 radical (unpaired) electrons. The summed E-state index contributed by atoms with van der Waals surface area (Å²) in [5, 5.41) is 0. The Kier molecular flexibility index (Phi) is 5.13. The predicted molar refractivity (Wildman–Crippen MR) is 77.3 cm³/mol. The molecule has 112 valence electrons. The van der Waals surface area contributed by atoms with Crippen LogP contribution in [-0.4, -0.2) is 12.2 Å². The number of benzene rings is 1. The second-order valence-electron chi connectivity index (χ2n) is 5.65. The van der Waals surface area contributed by atoms with E-state index in [1.165, 1.54) is 0 Å². The maximum Gasteiger partial charge on any atom is 0.391 e. The Morgan fingerprint density at radius 2 is 1.85 bits per heavy atom. The van der Waals surface area contributed by atoms with Gasteiger partial charge in [-0.3, -0.25) is 0 Å². The fourth-order valence-electron chi connectivity index (χ4n) is 2.98. The quantitative estimate of drug-likeness (QED) is 0.841. The van der Waals surface area contributed by atoms with E-state index in [-0.39, 0.29) is 24.8 Å². The first-order chi connectivity index (χ1) is 9.36. The van der Waals surface area contributed by atoms with Gasteiger partial charge in [0.15, 0.2) is 0 Å². The van der Waals surface area contributed by atoms with Crippen LogP contribution in [0, 0.1) is 11.8 Å². The molecule has 1 aromatic rings. The molecule has 1 aliphatic carbocycles. The first-order valence-electron chi connectivity index (χ1n) is 6.93. The van der Waals surface area contributed by atoms with Crippen LogP contribution >= 0.6 is 15.9 Å². The summed E-state index contributed by atoms with van der Waals surface area (Å²) in [6.07, 6.45) is -1.71. The average molecular weight is 350 g/mol. The molecule has 0 amide bonds. The number of rotatable bonds is 3. The van der Waals surface area contributed by atoms with Crippen molar-refractivity contribution in [1.29, 1.82) is 0 Å². The molecule has 2 rings (SSSR count). The minimum absolute atomic E-state index is 0.0570. The monoisotopic (exact) mass is 349 g/mol. The third-order valence-electron chi connectivity index (χ3n) is 4.20. The van der Waals surface area contributed by atoms with Gasteiger partial charge in [-0.25, -0.2) is 0 Å². The largest absolute Gasteiger partial charge is 0.391 e. The van der Waals surface area contributed by atoms with Crippen LogP contribution in [0.1, 0.15) is 31.2 Å². The molecule has 1 saturated carbocycles. The topological polar surface area (TPSA) is 26.0 Å². The summed E-state index contributed by atoms with van der Waals surface area (Å²) < 4.78 is 38.9. The molecule has 1 aliphatic rings. The molecule has 0 bridgehead atoms. The van der Waals surface area contributed by atoms with Crippen molar-refractivity contribution in [3.63, 3.8) is 0 Å². The molecule has 0 heterocycles. The highest BCUT2D eigenvalue weighted by Gasteiger charge is 2.42. The van der Waals surface area contributed by atoms with Gasteiger partial charge in [-0.1, -0.05) is 28.1 Å². The zero-order valence-corrected chi connectivity index (χ0v) is 12.8. The van der Waals surface area contributed by atoms with Gasteiger partial charge in [0.2, 0.25) is 0 Å². The molecule has 5 heteroatoms. The second kappa shape index (κ2) is 6.48. The minimum Gasteiger partial charge on any atom is -0.327 e. The molecule has 1 unspecified atom stereocenters. The Balaban J connectivity index is 1.87. The Labute approximate surface area is 125 Å². The molecule has 1 aromatic carbocycles. The zero-order chi connectivity index (χ0) is 14.8. The van der Waals surface area contributed by atoms with Crippen molar-refractivity contribution in [1.82, 2.24) is 0 Å². The number of halogens is 4. The van der Waals surface area contributed by atoms with Crippen LogP contribution in [0.3, 0.4) is 0 Å². The summed E-state index contributed by atoms with van der Waals surface area (Å²) in [6.45, 7) is 0. The predicted octanol–water partition coefficient (Wildman–Crippen LogP) is 4.69. The lowest BCUT2D eigenvalue weighted by Crippen LogP contribution is -2.37. The Hall–Kier alpha value is -0.550. The first-order valence-corrected chi connectivity index (χ1v) is 7.72. The molecule has 0 aromatic heterocycles. The normalized spacial score (nSPS) is 25.4. The Morgan fingerprint density at radius 3 is 2.40 bits per heavy atom. The van der Waals surface area contributed by atoms with Crippen LogP contribution in [0.2, 0.25) is 0 Å². The van der Waals surface area contributed by atoms with Gasteiger partial charge >= 0.3 is 6.18 Å². The van der Waals surface area contributed by atoms with Crippen LogP contribution in [0.4, 0.5) is 13.2 Å². The fourth-order valence-corrected chi connectivity index (χ4v) is 3.42. The van der Waals surface area contributed by atoms with Crippen molar-refractivity contribution in [2.24, 2.45) is 17.6 Å². The van der Waals surface area contributed by atoms with Crippen LogP contribution in [-0.2, 0) is 6.42 Å². The van der Waals surface area contributed by atoms with E-state index in [9.17, 15) is 13.2 Å². The number of hydrogen-bond donors (Lipinski definition) is 1. The maximum atomic E-state index is 12.6. The highest BCUT2D eigenvalue weighted by atomic mass is 79.9. The van der Waals surface area contributed by atoms with Gasteiger partial charge in [0, 0.05) is 10.5 Å². The van der Waals surface area contributed by atoms with Crippen LogP contribution < -0.4 is 5.73 Å². The number of hydrogen-bond acceptors (Lipinski definition) is 1. The summed E-state index contributed by atoms with van der Waals surface area (Å²) in [7, 11) is 0. The van der Waals surface area contributed by atoms with E-state index in [1.807, 2.05) is 24.3 Å². The van der Waals surface area contributed by atoms with Gasteiger partial charge in [-0.15, -0.1) is 0 Å². The SMILES string of the molecule is NC(Cc1cccc(Br)c1)C1CCC(C(F)(F)F)CC1. The third kappa shape index (κ3) is 4.22. The molecule has 1 atom stereocenters.